The highest BCUT2D eigenvalue weighted by atomic mass is 31.0. The van der Waals surface area contributed by atoms with Gasteiger partial charge in [-0.05, 0) is 20.3 Å². The van der Waals surface area contributed by atoms with E-state index in [1.807, 2.05) is 6.92 Å². The Morgan fingerprint density at radius 2 is 1.92 bits per heavy atom. The van der Waals surface area contributed by atoms with Crippen LogP contribution >= 0.6 is 9.47 Å². The highest BCUT2D eigenvalue weighted by Crippen LogP contribution is 1.93. The van der Waals surface area contributed by atoms with Crippen LogP contribution in [0.2, 0.25) is 0 Å². The molecule has 1 aliphatic rings. The average Bonchev–Trinajstić information content (AvgIpc) is 2.76. The molecular weight excluding hydrogens is 185 g/mol. The van der Waals surface area contributed by atoms with Crippen molar-refractivity contribution in [1.29, 1.82) is 0 Å². The molecule has 76 valence electrons. The summed E-state index contributed by atoms with van der Waals surface area (Å²) in [6.07, 6.45) is 10.8. The van der Waals surface area contributed by atoms with Crippen LogP contribution in [0.3, 0.4) is 0 Å². The molecule has 4 heteroatoms. The molecule has 0 radical (unpaired) electrons. The van der Waals surface area contributed by atoms with Crippen LogP contribution in [0.4, 0.5) is 0 Å². The Morgan fingerprint density at radius 1 is 1.54 bits per heavy atom. The largest absolute Gasteiger partial charge is 0.411 e. The Kier molecular flexibility index (Phi) is 19.9. The summed E-state index contributed by atoms with van der Waals surface area (Å²) >= 11 is 0. The summed E-state index contributed by atoms with van der Waals surface area (Å²) in [6.45, 7) is 4.36. The van der Waals surface area contributed by atoms with Gasteiger partial charge in [0.05, 0.1) is 0 Å². The van der Waals surface area contributed by atoms with Gasteiger partial charge in [0.15, 0.2) is 0 Å². The van der Waals surface area contributed by atoms with E-state index in [2.05, 4.69) is 43.5 Å². The second-order valence-electron chi connectivity index (χ2n) is 1.92. The van der Waals surface area contributed by atoms with E-state index < -0.39 is 0 Å². The van der Waals surface area contributed by atoms with Gasteiger partial charge in [0.25, 0.3) is 0 Å². The van der Waals surface area contributed by atoms with Gasteiger partial charge in [-0.25, -0.2) is 0 Å². The maximum Gasteiger partial charge on any atom is 0.0473 e. The Labute approximate surface area is 82.5 Å². The van der Waals surface area contributed by atoms with E-state index in [-0.39, 0.29) is 0 Å². The maximum atomic E-state index is 7.44. The molecule has 0 saturated carbocycles. The predicted octanol–water partition coefficient (Wildman–Crippen LogP) is 2.78. The minimum atomic E-state index is 0.782. The quantitative estimate of drug-likeness (QED) is 0.308. The van der Waals surface area contributed by atoms with Gasteiger partial charge < -0.3 is 9.73 Å². The SMILES string of the molecule is C/C=N\O.C1=CCC=C1.CCOP. The van der Waals surface area contributed by atoms with E-state index in [1.54, 1.807) is 6.92 Å². The summed E-state index contributed by atoms with van der Waals surface area (Å²) in [4.78, 5) is 0. The zero-order chi connectivity index (χ0) is 10.4. The smallest absolute Gasteiger partial charge is 0.0473 e. The topological polar surface area (TPSA) is 41.8 Å². The Hall–Kier alpha value is -0.660. The number of nitrogens with zero attached hydrogens (tertiary/aromatic N) is 1. The molecule has 1 atom stereocenters. The Morgan fingerprint density at radius 3 is 2.00 bits per heavy atom. The lowest BCUT2D eigenvalue weighted by Crippen LogP contribution is -1.63. The zero-order valence-corrected chi connectivity index (χ0v) is 9.34. The monoisotopic (exact) mass is 203 g/mol. The second-order valence-corrected chi connectivity index (χ2v) is 2.25. The minimum absolute atomic E-state index is 0.782. The number of rotatable bonds is 1. The van der Waals surface area contributed by atoms with Crippen LogP contribution in [0.25, 0.3) is 0 Å². The zero-order valence-electron chi connectivity index (χ0n) is 8.18. The molecule has 0 aliphatic heterocycles. The van der Waals surface area contributed by atoms with Gasteiger partial charge in [0, 0.05) is 22.3 Å². The third-order valence-electron chi connectivity index (χ3n) is 0.938. The molecule has 1 aliphatic carbocycles. The summed E-state index contributed by atoms with van der Waals surface area (Å²) in [5, 5.41) is 10.1. The molecular formula is C9H18NO2P. The lowest BCUT2D eigenvalue weighted by molar-refractivity contribution is 0.321. The third kappa shape index (κ3) is 24.6. The van der Waals surface area contributed by atoms with E-state index in [9.17, 15) is 0 Å². The summed E-state index contributed by atoms with van der Waals surface area (Å²) in [6, 6.07) is 0. The first-order chi connectivity index (χ1) is 6.33. The van der Waals surface area contributed by atoms with E-state index in [0.717, 1.165) is 13.0 Å². The first kappa shape index (κ1) is 14.8. The number of allylic oxidation sites excluding steroid dienone is 4. The van der Waals surface area contributed by atoms with Crippen LogP contribution in [-0.4, -0.2) is 18.0 Å². The minimum Gasteiger partial charge on any atom is -0.411 e. The van der Waals surface area contributed by atoms with E-state index in [1.165, 1.54) is 6.21 Å². The fourth-order valence-corrected chi connectivity index (χ4v) is 0.393. The first-order valence-corrected chi connectivity index (χ1v) is 4.55. The van der Waals surface area contributed by atoms with Gasteiger partial charge in [-0.2, -0.15) is 0 Å². The molecule has 13 heavy (non-hydrogen) atoms. The molecule has 1 unspecified atom stereocenters. The molecule has 3 nitrogen and oxygen atoms in total. The van der Waals surface area contributed by atoms with Crippen LogP contribution < -0.4 is 0 Å². The summed E-state index contributed by atoms with van der Waals surface area (Å²) in [5.74, 6) is 0. The highest BCUT2D eigenvalue weighted by Gasteiger charge is 1.72. The first-order valence-electron chi connectivity index (χ1n) is 4.08. The fourth-order valence-electron chi connectivity index (χ4n) is 0.393. The van der Waals surface area contributed by atoms with Crippen molar-refractivity contribution >= 4 is 15.7 Å². The van der Waals surface area contributed by atoms with E-state index in [0.29, 0.717) is 0 Å². The summed E-state index contributed by atoms with van der Waals surface area (Å²) in [5.41, 5.74) is 0. The average molecular weight is 203 g/mol. The predicted molar refractivity (Wildman–Crippen MR) is 60.2 cm³/mol. The molecule has 0 amide bonds. The number of hydrogen-bond donors (Lipinski definition) is 1. The molecule has 0 aromatic carbocycles. The molecule has 0 fully saturated rings. The van der Waals surface area contributed by atoms with Gasteiger partial charge in [-0.1, -0.05) is 24.3 Å². The van der Waals surface area contributed by atoms with Crippen molar-refractivity contribution < 1.29 is 9.73 Å². The van der Waals surface area contributed by atoms with Crippen molar-refractivity contribution in [3.05, 3.63) is 24.3 Å². The maximum absolute atomic E-state index is 7.44. The lowest BCUT2D eigenvalue weighted by Gasteiger charge is -1.75. The van der Waals surface area contributed by atoms with E-state index in [4.69, 9.17) is 5.21 Å². The number of oxime groups is 1. The molecule has 0 heterocycles. The molecule has 1 rings (SSSR count). The van der Waals surface area contributed by atoms with Crippen LogP contribution in [0.5, 0.6) is 0 Å². The second kappa shape index (κ2) is 17.4. The summed E-state index contributed by atoms with van der Waals surface area (Å²) < 4.78 is 4.46. The third-order valence-corrected chi connectivity index (χ3v) is 1.27. The fraction of sp³-hybridized carbons (Fsp3) is 0.444. The summed E-state index contributed by atoms with van der Waals surface area (Å²) in [7, 11) is 2.16. The van der Waals surface area contributed by atoms with Gasteiger partial charge in [-0.3, -0.25) is 0 Å². The van der Waals surface area contributed by atoms with Crippen molar-refractivity contribution in [2.24, 2.45) is 5.16 Å². The Bertz CT molecular complexity index is 140. The molecule has 0 aromatic rings. The lowest BCUT2D eigenvalue weighted by atomic mass is 10.5. The van der Waals surface area contributed by atoms with Crippen LogP contribution in [-0.2, 0) is 4.52 Å². The van der Waals surface area contributed by atoms with E-state index >= 15 is 0 Å². The van der Waals surface area contributed by atoms with Crippen LogP contribution in [0, 0.1) is 0 Å². The molecule has 0 bridgehead atoms. The Balaban J connectivity index is 0. The van der Waals surface area contributed by atoms with Gasteiger partial charge in [0.1, 0.15) is 0 Å². The van der Waals surface area contributed by atoms with Crippen LogP contribution in [0.1, 0.15) is 20.3 Å². The molecule has 0 spiro atoms. The normalized spacial score (nSPS) is 11.9. The molecule has 0 aromatic heterocycles. The molecule has 1 N–H and O–H groups in total. The van der Waals surface area contributed by atoms with Gasteiger partial charge >= 0.3 is 0 Å². The van der Waals surface area contributed by atoms with Gasteiger partial charge in [0.2, 0.25) is 0 Å². The standard InChI is InChI=1S/C5H6.C2H5NO.C2H7OP/c1-2-4-5-3-1;2*1-2-3-4/h1-4H,5H2;2,4H,1H3;2,4H2,1H3/b;3-2-;. The van der Waals surface area contributed by atoms with Crippen LogP contribution in [0.15, 0.2) is 29.5 Å². The van der Waals surface area contributed by atoms with Crippen molar-refractivity contribution in [2.45, 2.75) is 20.3 Å². The van der Waals surface area contributed by atoms with Crippen molar-refractivity contribution in [3.8, 4) is 0 Å². The van der Waals surface area contributed by atoms with Crippen molar-refractivity contribution in [3.63, 3.8) is 0 Å². The van der Waals surface area contributed by atoms with Crippen molar-refractivity contribution in [2.75, 3.05) is 6.61 Å². The van der Waals surface area contributed by atoms with Gasteiger partial charge in [-0.15, -0.1) is 5.16 Å². The molecule has 0 saturated heterocycles. The van der Waals surface area contributed by atoms with Crippen molar-refractivity contribution in [1.82, 2.24) is 0 Å². The highest BCUT2D eigenvalue weighted by molar-refractivity contribution is 7.09. The number of hydrogen-bond acceptors (Lipinski definition) is 3.